The average Bonchev–Trinajstić information content (AvgIpc) is 3.38. The summed E-state index contributed by atoms with van der Waals surface area (Å²) in [4.78, 5) is 48.4. The molecule has 3 aliphatic heterocycles. The Labute approximate surface area is 196 Å². The molecule has 0 aromatic heterocycles. The fourth-order valence-corrected chi connectivity index (χ4v) is 4.46. The lowest BCUT2D eigenvalue weighted by atomic mass is 10.1. The molecule has 0 aliphatic carbocycles. The molecule has 5 rings (SSSR count). The number of anilines is 1. The number of ether oxygens (including phenoxy) is 1. The van der Waals surface area contributed by atoms with Crippen LogP contribution in [0.15, 0.2) is 65.8 Å². The molecule has 174 valence electrons. The van der Waals surface area contributed by atoms with Crippen molar-refractivity contribution in [3.05, 3.63) is 66.4 Å². The SMILES string of the molecule is CCOc1ccc(N2C(c3ccccc3)=CN3C2=NC2C3C(=O)N(CC(N)=O)C(=O)N2C)cc1. The zero-order valence-corrected chi connectivity index (χ0v) is 18.8. The molecular weight excluding hydrogens is 436 g/mol. The van der Waals surface area contributed by atoms with Crippen LogP contribution in [0.5, 0.6) is 5.75 Å². The minimum Gasteiger partial charge on any atom is -0.494 e. The topological polar surface area (TPSA) is 112 Å². The average molecular weight is 460 g/mol. The molecule has 2 N–H and O–H groups in total. The number of primary amides is 1. The number of aliphatic imine (C=N–C) groups is 1. The summed E-state index contributed by atoms with van der Waals surface area (Å²) in [6.45, 7) is 2.01. The van der Waals surface area contributed by atoms with Gasteiger partial charge in [-0.25, -0.2) is 9.79 Å². The second-order valence-electron chi connectivity index (χ2n) is 8.12. The predicted octanol–water partition coefficient (Wildman–Crippen LogP) is 1.65. The molecule has 2 aromatic rings. The molecule has 3 heterocycles. The molecule has 0 spiro atoms. The van der Waals surface area contributed by atoms with Crippen LogP contribution >= 0.6 is 0 Å². The summed E-state index contributed by atoms with van der Waals surface area (Å²) in [5.74, 6) is -0.00221. The standard InChI is InChI=1S/C24H24N6O4/c1-3-34-17-11-9-16(10-12-17)30-18(15-7-5-4-6-8-15)13-28-20-21(26-23(28)30)27(2)24(33)29(22(20)32)14-19(25)31/h4-13,20-21H,3,14H2,1-2H3,(H2,25,31). The predicted molar refractivity (Wildman–Crippen MR) is 125 cm³/mol. The summed E-state index contributed by atoms with van der Waals surface area (Å²) in [7, 11) is 1.57. The number of likely N-dealkylation sites (N-methyl/N-ethyl adjacent to an activating group) is 1. The van der Waals surface area contributed by atoms with Gasteiger partial charge in [-0.2, -0.15) is 0 Å². The summed E-state index contributed by atoms with van der Waals surface area (Å²) < 4.78 is 5.58. The molecule has 10 nitrogen and oxygen atoms in total. The van der Waals surface area contributed by atoms with E-state index in [0.717, 1.165) is 27.6 Å². The van der Waals surface area contributed by atoms with Crippen molar-refractivity contribution in [1.82, 2.24) is 14.7 Å². The van der Waals surface area contributed by atoms with Crippen molar-refractivity contribution in [2.24, 2.45) is 10.7 Å². The lowest BCUT2D eigenvalue weighted by molar-refractivity contribution is -0.139. The van der Waals surface area contributed by atoms with E-state index < -0.39 is 36.6 Å². The number of amides is 4. The second-order valence-corrected chi connectivity index (χ2v) is 8.12. The number of carbonyl (C=O) groups excluding carboxylic acids is 3. The minimum atomic E-state index is -0.802. The Bertz CT molecular complexity index is 1210. The number of rotatable bonds is 6. The number of nitrogens with zero attached hydrogens (tertiary/aromatic N) is 5. The summed E-state index contributed by atoms with van der Waals surface area (Å²) in [5.41, 5.74) is 7.88. The van der Waals surface area contributed by atoms with E-state index in [2.05, 4.69) is 0 Å². The number of fused-ring (bicyclic) bond motifs is 3. The quantitative estimate of drug-likeness (QED) is 0.702. The van der Waals surface area contributed by atoms with E-state index in [4.69, 9.17) is 15.5 Å². The highest BCUT2D eigenvalue weighted by Crippen LogP contribution is 2.40. The zero-order chi connectivity index (χ0) is 24.0. The van der Waals surface area contributed by atoms with Gasteiger partial charge in [0.1, 0.15) is 12.3 Å². The Morgan fingerprint density at radius 3 is 2.44 bits per heavy atom. The maximum atomic E-state index is 13.3. The summed E-state index contributed by atoms with van der Waals surface area (Å²) >= 11 is 0. The Balaban J connectivity index is 1.58. The van der Waals surface area contributed by atoms with Crippen LogP contribution in [0.25, 0.3) is 5.70 Å². The largest absolute Gasteiger partial charge is 0.494 e. The van der Waals surface area contributed by atoms with Gasteiger partial charge in [0.15, 0.2) is 12.2 Å². The lowest BCUT2D eigenvalue weighted by Crippen LogP contribution is -2.65. The van der Waals surface area contributed by atoms with E-state index in [-0.39, 0.29) is 0 Å². The molecule has 4 amide bonds. The monoisotopic (exact) mass is 460 g/mol. The summed E-state index contributed by atoms with van der Waals surface area (Å²) in [6.07, 6.45) is 1.14. The summed E-state index contributed by atoms with van der Waals surface area (Å²) in [5, 5.41) is 0. The van der Waals surface area contributed by atoms with E-state index in [1.807, 2.05) is 72.6 Å². The van der Waals surface area contributed by atoms with Gasteiger partial charge in [0.2, 0.25) is 11.9 Å². The Kier molecular flexibility index (Phi) is 5.20. The van der Waals surface area contributed by atoms with Crippen LogP contribution in [-0.2, 0) is 9.59 Å². The maximum Gasteiger partial charge on any atom is 0.328 e. The van der Waals surface area contributed by atoms with Crippen molar-refractivity contribution in [2.75, 3.05) is 25.1 Å². The van der Waals surface area contributed by atoms with Gasteiger partial charge in [0, 0.05) is 24.5 Å². The molecule has 1 fully saturated rings. The molecular formula is C24H24N6O4. The minimum absolute atomic E-state index is 0.480. The molecule has 0 bridgehead atoms. The number of guanidine groups is 1. The molecule has 2 unspecified atom stereocenters. The first-order valence-corrected chi connectivity index (χ1v) is 10.9. The van der Waals surface area contributed by atoms with Crippen LogP contribution in [0.1, 0.15) is 12.5 Å². The molecule has 34 heavy (non-hydrogen) atoms. The molecule has 3 aliphatic rings. The van der Waals surface area contributed by atoms with Crippen molar-refractivity contribution < 1.29 is 19.1 Å². The van der Waals surface area contributed by atoms with E-state index in [9.17, 15) is 14.4 Å². The number of benzene rings is 2. The Morgan fingerprint density at radius 2 is 1.79 bits per heavy atom. The van der Waals surface area contributed by atoms with Gasteiger partial charge < -0.3 is 15.4 Å². The van der Waals surface area contributed by atoms with E-state index in [1.54, 1.807) is 11.9 Å². The lowest BCUT2D eigenvalue weighted by Gasteiger charge is -2.39. The highest BCUT2D eigenvalue weighted by Gasteiger charge is 2.55. The van der Waals surface area contributed by atoms with E-state index in [0.29, 0.717) is 12.6 Å². The van der Waals surface area contributed by atoms with Gasteiger partial charge in [0.05, 0.1) is 12.3 Å². The number of hydrogen-bond donors (Lipinski definition) is 1. The van der Waals surface area contributed by atoms with Crippen LogP contribution in [0.3, 0.4) is 0 Å². The molecule has 2 aromatic carbocycles. The third-order valence-corrected chi connectivity index (χ3v) is 6.00. The molecule has 0 saturated carbocycles. The van der Waals surface area contributed by atoms with Gasteiger partial charge >= 0.3 is 6.03 Å². The molecule has 10 heteroatoms. The van der Waals surface area contributed by atoms with Crippen molar-refractivity contribution >= 4 is 35.2 Å². The van der Waals surface area contributed by atoms with Crippen molar-refractivity contribution in [1.29, 1.82) is 0 Å². The third kappa shape index (κ3) is 3.35. The first kappa shape index (κ1) is 21.5. The fraction of sp³-hybridized carbons (Fsp3) is 0.250. The number of urea groups is 1. The molecule has 0 radical (unpaired) electrons. The van der Waals surface area contributed by atoms with Crippen LogP contribution in [0.4, 0.5) is 10.5 Å². The normalized spacial score (nSPS) is 21.4. The second kappa shape index (κ2) is 8.22. The number of imide groups is 1. The highest BCUT2D eigenvalue weighted by molar-refractivity contribution is 6.16. The van der Waals surface area contributed by atoms with Gasteiger partial charge in [-0.3, -0.25) is 24.3 Å². The smallest absolute Gasteiger partial charge is 0.328 e. The molecule has 1 saturated heterocycles. The van der Waals surface area contributed by atoms with E-state index >= 15 is 0 Å². The third-order valence-electron chi connectivity index (χ3n) is 6.00. The first-order valence-electron chi connectivity index (χ1n) is 10.9. The van der Waals surface area contributed by atoms with E-state index in [1.165, 1.54) is 4.90 Å². The van der Waals surface area contributed by atoms with Crippen LogP contribution in [-0.4, -0.2) is 70.9 Å². The van der Waals surface area contributed by atoms with Gasteiger partial charge in [-0.1, -0.05) is 30.3 Å². The van der Waals surface area contributed by atoms with Crippen LogP contribution in [0, 0.1) is 0 Å². The van der Waals surface area contributed by atoms with Crippen LogP contribution < -0.4 is 15.4 Å². The van der Waals surface area contributed by atoms with Crippen LogP contribution in [0.2, 0.25) is 0 Å². The van der Waals surface area contributed by atoms with Crippen molar-refractivity contribution in [3.63, 3.8) is 0 Å². The Morgan fingerprint density at radius 1 is 1.09 bits per heavy atom. The summed E-state index contributed by atoms with van der Waals surface area (Å²) in [6, 6.07) is 16.0. The first-order chi connectivity index (χ1) is 16.4. The number of nitrogens with two attached hydrogens (primary N) is 1. The number of carbonyl (C=O) groups is 3. The van der Waals surface area contributed by atoms with Gasteiger partial charge in [0.25, 0.3) is 5.91 Å². The van der Waals surface area contributed by atoms with Crippen molar-refractivity contribution in [2.45, 2.75) is 19.1 Å². The fourth-order valence-electron chi connectivity index (χ4n) is 4.46. The van der Waals surface area contributed by atoms with Gasteiger partial charge in [-0.05, 0) is 31.2 Å². The Hall–Kier alpha value is -4.34. The molecule has 2 atom stereocenters. The number of hydrogen-bond acceptors (Lipinski definition) is 7. The van der Waals surface area contributed by atoms with Crippen molar-refractivity contribution in [3.8, 4) is 5.75 Å². The zero-order valence-electron chi connectivity index (χ0n) is 18.8. The highest BCUT2D eigenvalue weighted by atomic mass is 16.5. The van der Waals surface area contributed by atoms with Gasteiger partial charge in [-0.15, -0.1) is 0 Å². The maximum absolute atomic E-state index is 13.3.